The van der Waals surface area contributed by atoms with E-state index in [9.17, 15) is 9.59 Å². The smallest absolute Gasteiger partial charge is 0.315 e. The minimum absolute atomic E-state index is 0.266. The van der Waals surface area contributed by atoms with Crippen molar-refractivity contribution >= 4 is 29.2 Å². The lowest BCUT2D eigenvalue weighted by molar-refractivity contribution is -0.145. The average Bonchev–Trinajstić information content (AvgIpc) is 2.23. The van der Waals surface area contributed by atoms with E-state index in [1.54, 1.807) is 25.1 Å². The molecule has 0 saturated carbocycles. The van der Waals surface area contributed by atoms with E-state index >= 15 is 0 Å². The third kappa shape index (κ3) is 4.44. The van der Waals surface area contributed by atoms with Gasteiger partial charge in [0.2, 0.25) is 5.91 Å². The monoisotopic (exact) mass is 255 g/mol. The predicted octanol–water partition coefficient (Wildman–Crippen LogP) is 2.54. The van der Waals surface area contributed by atoms with Crippen molar-refractivity contribution in [1.29, 1.82) is 0 Å². The fourth-order valence-corrected chi connectivity index (χ4v) is 1.40. The van der Waals surface area contributed by atoms with Crippen molar-refractivity contribution in [3.05, 3.63) is 28.8 Å². The second-order valence-corrected chi connectivity index (χ2v) is 3.90. The summed E-state index contributed by atoms with van der Waals surface area (Å²) in [6.07, 6.45) is -0.292. The van der Waals surface area contributed by atoms with Crippen LogP contribution < -0.4 is 5.32 Å². The number of nitrogens with one attached hydrogen (secondary N) is 1. The summed E-state index contributed by atoms with van der Waals surface area (Å²) in [6, 6.07) is 5.16. The highest BCUT2D eigenvalue weighted by Gasteiger charge is 2.10. The molecule has 0 aliphatic heterocycles. The number of carbonyl (C=O) groups is 2. The summed E-state index contributed by atoms with van der Waals surface area (Å²) in [6.45, 7) is 3.82. The lowest BCUT2D eigenvalue weighted by Gasteiger charge is -2.06. The van der Waals surface area contributed by atoms with Gasteiger partial charge in [0.1, 0.15) is 6.42 Å². The molecule has 0 spiro atoms. The summed E-state index contributed by atoms with van der Waals surface area (Å²) in [4.78, 5) is 22.5. The van der Waals surface area contributed by atoms with Crippen LogP contribution >= 0.6 is 11.6 Å². The van der Waals surface area contributed by atoms with E-state index in [1.165, 1.54) is 0 Å². The molecule has 0 unspecified atom stereocenters. The molecule has 0 fully saturated rings. The van der Waals surface area contributed by atoms with Crippen LogP contribution in [-0.2, 0) is 14.3 Å². The number of amides is 1. The molecule has 1 aromatic rings. The molecule has 0 aliphatic rings. The molecule has 0 heterocycles. The Labute approximate surface area is 105 Å². The van der Waals surface area contributed by atoms with E-state index in [1.807, 2.05) is 6.92 Å². The van der Waals surface area contributed by atoms with Crippen LogP contribution in [0.15, 0.2) is 18.2 Å². The lowest BCUT2D eigenvalue weighted by atomic mass is 10.2. The maximum atomic E-state index is 11.4. The maximum absolute atomic E-state index is 11.4. The van der Waals surface area contributed by atoms with Crippen LogP contribution in [0, 0.1) is 6.92 Å². The Morgan fingerprint density at radius 1 is 1.41 bits per heavy atom. The van der Waals surface area contributed by atoms with Gasteiger partial charge in [-0.2, -0.15) is 0 Å². The summed E-state index contributed by atoms with van der Waals surface area (Å²) in [5.41, 5.74) is 1.49. The van der Waals surface area contributed by atoms with Gasteiger partial charge in [-0.3, -0.25) is 9.59 Å². The SMILES string of the molecule is CCOC(=O)CC(=O)Nc1ccc(C)c(Cl)c1. The largest absolute Gasteiger partial charge is 0.466 e. The van der Waals surface area contributed by atoms with Gasteiger partial charge in [-0.05, 0) is 31.5 Å². The number of hydrogen-bond donors (Lipinski definition) is 1. The Hall–Kier alpha value is -1.55. The van der Waals surface area contributed by atoms with Gasteiger partial charge in [0.15, 0.2) is 0 Å². The van der Waals surface area contributed by atoms with E-state index < -0.39 is 11.9 Å². The minimum atomic E-state index is -0.539. The first kappa shape index (κ1) is 13.5. The Morgan fingerprint density at radius 2 is 2.12 bits per heavy atom. The summed E-state index contributed by atoms with van der Waals surface area (Å²) in [5.74, 6) is -0.952. The van der Waals surface area contributed by atoms with Gasteiger partial charge in [-0.1, -0.05) is 17.7 Å². The van der Waals surface area contributed by atoms with E-state index in [4.69, 9.17) is 11.6 Å². The summed E-state index contributed by atoms with van der Waals surface area (Å²) in [7, 11) is 0. The molecule has 0 aliphatic carbocycles. The average molecular weight is 256 g/mol. The van der Waals surface area contributed by atoms with Gasteiger partial charge >= 0.3 is 5.97 Å². The number of carbonyl (C=O) groups excluding carboxylic acids is 2. The van der Waals surface area contributed by atoms with E-state index in [-0.39, 0.29) is 13.0 Å². The van der Waals surface area contributed by atoms with Crippen LogP contribution in [-0.4, -0.2) is 18.5 Å². The van der Waals surface area contributed by atoms with Crippen LogP contribution in [0.1, 0.15) is 18.9 Å². The molecule has 0 radical (unpaired) electrons. The van der Waals surface area contributed by atoms with Gasteiger partial charge < -0.3 is 10.1 Å². The third-order valence-electron chi connectivity index (χ3n) is 2.07. The Kier molecular flexibility index (Phi) is 4.97. The molecule has 0 bridgehead atoms. The number of hydrogen-bond acceptors (Lipinski definition) is 3. The zero-order valence-electron chi connectivity index (χ0n) is 9.75. The Morgan fingerprint density at radius 3 is 2.71 bits per heavy atom. The highest BCUT2D eigenvalue weighted by Crippen LogP contribution is 2.19. The molecule has 0 atom stereocenters. The summed E-state index contributed by atoms with van der Waals surface area (Å²) < 4.78 is 4.67. The number of esters is 1. The topological polar surface area (TPSA) is 55.4 Å². The van der Waals surface area contributed by atoms with Crippen molar-refractivity contribution in [2.45, 2.75) is 20.3 Å². The van der Waals surface area contributed by atoms with Crippen molar-refractivity contribution in [3.8, 4) is 0 Å². The summed E-state index contributed by atoms with van der Waals surface area (Å²) in [5, 5.41) is 3.14. The molecule has 17 heavy (non-hydrogen) atoms. The first-order valence-electron chi connectivity index (χ1n) is 5.24. The molecule has 5 heteroatoms. The zero-order chi connectivity index (χ0) is 12.8. The van der Waals surface area contributed by atoms with Gasteiger partial charge in [0.25, 0.3) is 0 Å². The number of anilines is 1. The molecule has 1 rings (SSSR count). The Bertz CT molecular complexity index is 432. The number of aryl methyl sites for hydroxylation is 1. The van der Waals surface area contributed by atoms with E-state index in [0.717, 1.165) is 5.56 Å². The first-order valence-corrected chi connectivity index (χ1v) is 5.62. The summed E-state index contributed by atoms with van der Waals surface area (Å²) >= 11 is 5.91. The number of rotatable bonds is 4. The van der Waals surface area contributed by atoms with E-state index in [0.29, 0.717) is 10.7 Å². The van der Waals surface area contributed by atoms with Crippen molar-refractivity contribution in [2.75, 3.05) is 11.9 Å². The van der Waals surface area contributed by atoms with Crippen molar-refractivity contribution in [3.63, 3.8) is 0 Å². The van der Waals surface area contributed by atoms with Crippen LogP contribution in [0.2, 0.25) is 5.02 Å². The third-order valence-corrected chi connectivity index (χ3v) is 2.47. The molecule has 0 saturated heterocycles. The second kappa shape index (κ2) is 6.25. The van der Waals surface area contributed by atoms with Gasteiger partial charge in [-0.25, -0.2) is 0 Å². The highest BCUT2D eigenvalue weighted by atomic mass is 35.5. The minimum Gasteiger partial charge on any atom is -0.466 e. The number of halogens is 1. The molecule has 92 valence electrons. The quantitative estimate of drug-likeness (QED) is 0.664. The molecular weight excluding hydrogens is 242 g/mol. The molecule has 4 nitrogen and oxygen atoms in total. The fourth-order valence-electron chi connectivity index (χ4n) is 1.22. The fraction of sp³-hybridized carbons (Fsp3) is 0.333. The van der Waals surface area contributed by atoms with Gasteiger partial charge in [-0.15, -0.1) is 0 Å². The van der Waals surface area contributed by atoms with E-state index in [2.05, 4.69) is 10.1 Å². The molecule has 1 N–H and O–H groups in total. The maximum Gasteiger partial charge on any atom is 0.315 e. The molecule has 1 amide bonds. The van der Waals surface area contributed by atoms with Crippen LogP contribution in [0.4, 0.5) is 5.69 Å². The van der Waals surface area contributed by atoms with Crippen LogP contribution in [0.5, 0.6) is 0 Å². The molecular formula is C12H14ClNO3. The normalized spacial score (nSPS) is 9.82. The van der Waals surface area contributed by atoms with Crippen LogP contribution in [0.3, 0.4) is 0 Å². The molecule has 1 aromatic carbocycles. The van der Waals surface area contributed by atoms with Crippen molar-refractivity contribution in [1.82, 2.24) is 0 Å². The Balaban J connectivity index is 2.56. The lowest BCUT2D eigenvalue weighted by Crippen LogP contribution is -2.18. The van der Waals surface area contributed by atoms with Crippen LogP contribution in [0.25, 0.3) is 0 Å². The molecule has 0 aromatic heterocycles. The van der Waals surface area contributed by atoms with Crippen molar-refractivity contribution < 1.29 is 14.3 Å². The number of ether oxygens (including phenoxy) is 1. The first-order chi connectivity index (χ1) is 8.02. The second-order valence-electron chi connectivity index (χ2n) is 3.49. The van der Waals surface area contributed by atoms with Crippen molar-refractivity contribution in [2.24, 2.45) is 0 Å². The predicted molar refractivity (Wildman–Crippen MR) is 66.1 cm³/mol. The zero-order valence-corrected chi connectivity index (χ0v) is 10.5. The van der Waals surface area contributed by atoms with Gasteiger partial charge in [0, 0.05) is 10.7 Å². The highest BCUT2D eigenvalue weighted by molar-refractivity contribution is 6.31. The standard InChI is InChI=1S/C12H14ClNO3/c1-3-17-12(16)7-11(15)14-9-5-4-8(2)10(13)6-9/h4-6H,3,7H2,1-2H3,(H,14,15). The van der Waals surface area contributed by atoms with Gasteiger partial charge in [0.05, 0.1) is 6.61 Å². The number of benzene rings is 1.